The lowest BCUT2D eigenvalue weighted by molar-refractivity contribution is -0.121. The zero-order valence-electron chi connectivity index (χ0n) is 12.3. The van der Waals surface area contributed by atoms with E-state index in [1.807, 2.05) is 0 Å². The minimum atomic E-state index is 0.162. The molecule has 0 radical (unpaired) electrons. The smallest absolute Gasteiger partial charge is 0.220 e. The van der Waals surface area contributed by atoms with Gasteiger partial charge in [-0.2, -0.15) is 11.8 Å². The summed E-state index contributed by atoms with van der Waals surface area (Å²) in [6.07, 6.45) is 2.53. The molecule has 0 saturated heterocycles. The van der Waals surface area contributed by atoms with Crippen LogP contribution in [0, 0.1) is 11.3 Å². The number of aliphatic hydroxyl groups excluding tert-OH is 1. The van der Waals surface area contributed by atoms with E-state index in [0.717, 1.165) is 30.9 Å². The summed E-state index contributed by atoms with van der Waals surface area (Å²) >= 11 is 1.77. The molecule has 108 valence electrons. The number of hydrogen-bond acceptors (Lipinski definition) is 3. The quantitative estimate of drug-likeness (QED) is 0.636. The van der Waals surface area contributed by atoms with Gasteiger partial charge in [-0.25, -0.2) is 0 Å². The molecule has 18 heavy (non-hydrogen) atoms. The number of aliphatic hydroxyl groups is 1. The minimum Gasteiger partial charge on any atom is -0.396 e. The largest absolute Gasteiger partial charge is 0.396 e. The fourth-order valence-electron chi connectivity index (χ4n) is 2.04. The Labute approximate surface area is 116 Å². The van der Waals surface area contributed by atoms with E-state index in [2.05, 4.69) is 33.0 Å². The number of carbonyl (C=O) groups excluding carboxylic acids is 1. The van der Waals surface area contributed by atoms with E-state index >= 15 is 0 Å². The van der Waals surface area contributed by atoms with Gasteiger partial charge in [-0.1, -0.05) is 27.7 Å². The molecule has 3 nitrogen and oxygen atoms in total. The maximum Gasteiger partial charge on any atom is 0.220 e. The van der Waals surface area contributed by atoms with E-state index in [1.54, 1.807) is 11.8 Å². The van der Waals surface area contributed by atoms with Gasteiger partial charge >= 0.3 is 0 Å². The molecule has 1 atom stereocenters. The molecule has 0 aromatic rings. The Morgan fingerprint density at radius 1 is 1.33 bits per heavy atom. The summed E-state index contributed by atoms with van der Waals surface area (Å²) < 4.78 is 0. The van der Waals surface area contributed by atoms with Crippen LogP contribution in [0.3, 0.4) is 0 Å². The van der Waals surface area contributed by atoms with Crippen LogP contribution in [0.15, 0.2) is 0 Å². The average molecular weight is 275 g/mol. The molecule has 0 aliphatic rings. The molecule has 0 heterocycles. The topological polar surface area (TPSA) is 49.3 Å². The number of hydrogen-bond donors (Lipinski definition) is 2. The van der Waals surface area contributed by atoms with E-state index in [9.17, 15) is 4.79 Å². The first-order valence-electron chi connectivity index (χ1n) is 6.80. The summed E-state index contributed by atoms with van der Waals surface area (Å²) in [7, 11) is 0. The van der Waals surface area contributed by atoms with Gasteiger partial charge in [0.1, 0.15) is 0 Å². The number of carbonyl (C=O) groups is 1. The zero-order valence-corrected chi connectivity index (χ0v) is 13.1. The third kappa shape index (κ3) is 12.2. The SMILES string of the molecule is CC(CC(=O)NCCSCCCO)CC(C)(C)C. The maximum atomic E-state index is 11.7. The number of amides is 1. The Balaban J connectivity index is 3.53. The van der Waals surface area contributed by atoms with E-state index in [-0.39, 0.29) is 12.5 Å². The van der Waals surface area contributed by atoms with Gasteiger partial charge < -0.3 is 10.4 Å². The Morgan fingerprint density at radius 2 is 2.00 bits per heavy atom. The van der Waals surface area contributed by atoms with Crippen molar-refractivity contribution < 1.29 is 9.90 Å². The molecule has 0 rings (SSSR count). The van der Waals surface area contributed by atoms with Crippen LogP contribution >= 0.6 is 11.8 Å². The van der Waals surface area contributed by atoms with Crippen LogP contribution in [0.1, 0.15) is 47.0 Å². The number of rotatable bonds is 9. The monoisotopic (exact) mass is 275 g/mol. The first kappa shape index (κ1) is 17.8. The Bertz CT molecular complexity index is 226. The van der Waals surface area contributed by atoms with Gasteiger partial charge in [0.15, 0.2) is 0 Å². The molecule has 0 aliphatic carbocycles. The van der Waals surface area contributed by atoms with Crippen molar-refractivity contribution in [1.29, 1.82) is 0 Å². The van der Waals surface area contributed by atoms with Crippen LogP contribution in [-0.2, 0) is 4.79 Å². The van der Waals surface area contributed by atoms with Crippen molar-refractivity contribution in [1.82, 2.24) is 5.32 Å². The summed E-state index contributed by atoms with van der Waals surface area (Å²) in [5, 5.41) is 11.6. The zero-order chi connectivity index (χ0) is 14.0. The Hall–Kier alpha value is -0.220. The highest BCUT2D eigenvalue weighted by Crippen LogP contribution is 2.25. The van der Waals surface area contributed by atoms with Crippen molar-refractivity contribution in [3.8, 4) is 0 Å². The predicted octanol–water partition coefficient (Wildman–Crippen LogP) is 2.68. The van der Waals surface area contributed by atoms with Crippen molar-refractivity contribution >= 4 is 17.7 Å². The highest BCUT2D eigenvalue weighted by atomic mass is 32.2. The Morgan fingerprint density at radius 3 is 2.56 bits per heavy atom. The third-order valence-corrected chi connectivity index (χ3v) is 3.58. The molecule has 2 N–H and O–H groups in total. The van der Waals surface area contributed by atoms with Gasteiger partial charge in [0.25, 0.3) is 0 Å². The molecule has 0 aliphatic heterocycles. The van der Waals surface area contributed by atoms with Crippen molar-refractivity contribution in [3.63, 3.8) is 0 Å². The highest BCUT2D eigenvalue weighted by Gasteiger charge is 2.17. The van der Waals surface area contributed by atoms with E-state index < -0.39 is 0 Å². The summed E-state index contributed by atoms with van der Waals surface area (Å²) in [4.78, 5) is 11.7. The number of thioether (sulfide) groups is 1. The Kier molecular flexibility index (Phi) is 9.56. The minimum absolute atomic E-state index is 0.162. The molecule has 0 aromatic heterocycles. The van der Waals surface area contributed by atoms with Gasteiger partial charge in [-0.3, -0.25) is 4.79 Å². The van der Waals surface area contributed by atoms with E-state index in [1.165, 1.54) is 0 Å². The third-order valence-electron chi connectivity index (χ3n) is 2.51. The highest BCUT2D eigenvalue weighted by molar-refractivity contribution is 7.99. The second-order valence-corrected chi connectivity index (χ2v) is 7.34. The van der Waals surface area contributed by atoms with Crippen molar-refractivity contribution in [2.45, 2.75) is 47.0 Å². The van der Waals surface area contributed by atoms with E-state index in [4.69, 9.17) is 5.11 Å². The lowest BCUT2D eigenvalue weighted by atomic mass is 9.84. The van der Waals surface area contributed by atoms with Crippen molar-refractivity contribution in [2.75, 3.05) is 24.7 Å². The molecule has 1 amide bonds. The van der Waals surface area contributed by atoms with Crippen LogP contribution in [0.2, 0.25) is 0 Å². The van der Waals surface area contributed by atoms with Gasteiger partial charge in [0.05, 0.1) is 0 Å². The fraction of sp³-hybridized carbons (Fsp3) is 0.929. The van der Waals surface area contributed by atoms with Crippen LogP contribution in [0.25, 0.3) is 0 Å². The van der Waals surface area contributed by atoms with Crippen LogP contribution < -0.4 is 5.32 Å². The first-order chi connectivity index (χ1) is 8.35. The van der Waals surface area contributed by atoms with Gasteiger partial charge in [0.2, 0.25) is 5.91 Å². The fourth-order valence-corrected chi connectivity index (χ4v) is 2.82. The summed E-state index contributed by atoms with van der Waals surface area (Å²) in [6, 6.07) is 0. The lowest BCUT2D eigenvalue weighted by Gasteiger charge is -2.22. The number of nitrogens with one attached hydrogen (secondary N) is 1. The normalized spacial score (nSPS) is 13.4. The predicted molar refractivity (Wildman–Crippen MR) is 79.9 cm³/mol. The second-order valence-electron chi connectivity index (χ2n) is 6.11. The van der Waals surface area contributed by atoms with Crippen LogP contribution in [-0.4, -0.2) is 35.7 Å². The average Bonchev–Trinajstić information content (AvgIpc) is 2.20. The summed E-state index contributed by atoms with van der Waals surface area (Å²) in [5.41, 5.74) is 0.292. The van der Waals surface area contributed by atoms with Gasteiger partial charge in [-0.15, -0.1) is 0 Å². The van der Waals surface area contributed by atoms with Crippen molar-refractivity contribution in [2.24, 2.45) is 11.3 Å². The summed E-state index contributed by atoms with van der Waals surface area (Å²) in [5.74, 6) is 2.49. The molecule has 0 saturated carbocycles. The molecule has 0 aromatic carbocycles. The summed E-state index contributed by atoms with van der Waals surface area (Å²) in [6.45, 7) is 9.75. The standard InChI is InChI=1S/C14H29NO2S/c1-12(11-14(2,3)4)10-13(17)15-6-9-18-8-5-7-16/h12,16H,5-11H2,1-4H3,(H,15,17). The second kappa shape index (κ2) is 9.68. The van der Waals surface area contributed by atoms with Gasteiger partial charge in [-0.05, 0) is 29.9 Å². The van der Waals surface area contributed by atoms with Crippen LogP contribution in [0.4, 0.5) is 0 Å². The molecule has 0 fully saturated rings. The maximum absolute atomic E-state index is 11.7. The molecule has 0 bridgehead atoms. The molecule has 1 unspecified atom stereocenters. The molecule has 0 spiro atoms. The molecule has 4 heteroatoms. The molecular formula is C14H29NO2S. The van der Waals surface area contributed by atoms with Gasteiger partial charge in [0, 0.05) is 25.3 Å². The first-order valence-corrected chi connectivity index (χ1v) is 7.96. The lowest BCUT2D eigenvalue weighted by Crippen LogP contribution is -2.28. The van der Waals surface area contributed by atoms with E-state index in [0.29, 0.717) is 17.8 Å². The van der Waals surface area contributed by atoms with Crippen molar-refractivity contribution in [3.05, 3.63) is 0 Å². The molecular weight excluding hydrogens is 246 g/mol. The van der Waals surface area contributed by atoms with Crippen LogP contribution in [0.5, 0.6) is 0 Å².